The molecular formula is C19H23NO10P2. The highest BCUT2D eigenvalue weighted by Gasteiger charge is 2.67. The van der Waals surface area contributed by atoms with E-state index >= 15 is 0 Å². The Morgan fingerprint density at radius 3 is 2.41 bits per heavy atom. The molecular weight excluding hydrogens is 464 g/mol. The third-order valence-electron chi connectivity index (χ3n) is 5.31. The lowest BCUT2D eigenvalue weighted by atomic mass is 9.96. The molecule has 1 saturated carbocycles. The monoisotopic (exact) mass is 487 g/mol. The van der Waals surface area contributed by atoms with Gasteiger partial charge in [0.2, 0.25) is 6.29 Å². The Morgan fingerprint density at radius 1 is 1.12 bits per heavy atom. The van der Waals surface area contributed by atoms with Crippen molar-refractivity contribution in [3.05, 3.63) is 59.9 Å². The highest BCUT2D eigenvalue weighted by atomic mass is 31.2. The minimum Gasteiger partial charge on any atom is -0.441 e. The molecule has 2 aromatic rings. The SMILES string of the molecule is O=P1(O)OC(c2ccccc2OC(O)OC2CCC2)OP(=O)(O)C1(O)Cc1cccnc1. The van der Waals surface area contributed by atoms with Gasteiger partial charge in [-0.2, -0.15) is 0 Å². The van der Waals surface area contributed by atoms with Crippen LogP contribution in [0.3, 0.4) is 0 Å². The average molecular weight is 487 g/mol. The number of para-hydroxylation sites is 1. The molecule has 4 rings (SSSR count). The van der Waals surface area contributed by atoms with Crippen molar-refractivity contribution in [3.63, 3.8) is 0 Å². The van der Waals surface area contributed by atoms with Gasteiger partial charge < -0.3 is 29.5 Å². The average Bonchev–Trinajstić information content (AvgIpc) is 2.70. The van der Waals surface area contributed by atoms with E-state index in [1.54, 1.807) is 6.07 Å². The Labute approximate surface area is 183 Å². The minimum atomic E-state index is -5.15. The molecule has 1 saturated heterocycles. The Balaban J connectivity index is 1.58. The van der Waals surface area contributed by atoms with Crippen molar-refractivity contribution in [2.45, 2.75) is 49.6 Å². The summed E-state index contributed by atoms with van der Waals surface area (Å²) in [6.07, 6.45) is 2.59. The lowest BCUT2D eigenvalue weighted by molar-refractivity contribution is -0.251. The first-order chi connectivity index (χ1) is 15.1. The van der Waals surface area contributed by atoms with E-state index in [9.17, 15) is 29.1 Å². The van der Waals surface area contributed by atoms with E-state index in [1.165, 1.54) is 42.7 Å². The molecule has 3 atom stereocenters. The van der Waals surface area contributed by atoms with Crippen LogP contribution in [0.4, 0.5) is 0 Å². The standard InChI is InChI=1S/C19H23NO10P2/c21-18(27-14-6-3-7-14)28-16-9-2-1-8-15(16)17-29-31(23,24)19(22,32(25,26)30-17)11-13-5-4-10-20-12-13/h1-2,4-5,8-10,12,14,17-18,21-22H,3,6-7,11H2,(H,23,24)(H,25,26). The van der Waals surface area contributed by atoms with Crippen LogP contribution in [0, 0.1) is 0 Å². The second kappa shape index (κ2) is 8.95. The van der Waals surface area contributed by atoms with Gasteiger partial charge in [-0.1, -0.05) is 24.3 Å². The van der Waals surface area contributed by atoms with Gasteiger partial charge in [0, 0.05) is 18.8 Å². The molecule has 11 nitrogen and oxygen atoms in total. The van der Waals surface area contributed by atoms with Crippen LogP contribution in [0.5, 0.6) is 5.75 Å². The van der Waals surface area contributed by atoms with Crippen LogP contribution in [-0.2, 0) is 29.3 Å². The zero-order valence-electron chi connectivity index (χ0n) is 16.8. The summed E-state index contributed by atoms with van der Waals surface area (Å²) in [6.45, 7) is -1.63. The highest BCUT2D eigenvalue weighted by Crippen LogP contribution is 2.79. The number of aromatic nitrogens is 1. The van der Waals surface area contributed by atoms with E-state index in [2.05, 4.69) is 4.98 Å². The zero-order chi connectivity index (χ0) is 23.0. The summed E-state index contributed by atoms with van der Waals surface area (Å²) >= 11 is 0. The molecule has 1 aromatic heterocycles. The molecule has 0 amide bonds. The minimum absolute atomic E-state index is 0.0456. The number of hydrogen-bond donors (Lipinski definition) is 4. The van der Waals surface area contributed by atoms with Crippen molar-refractivity contribution >= 4 is 15.2 Å². The van der Waals surface area contributed by atoms with Gasteiger partial charge in [0.15, 0.2) is 0 Å². The van der Waals surface area contributed by atoms with Crippen molar-refractivity contribution in [2.24, 2.45) is 0 Å². The maximum Gasteiger partial charge on any atom is 0.374 e. The van der Waals surface area contributed by atoms with Crippen molar-refractivity contribution < 1.29 is 47.7 Å². The van der Waals surface area contributed by atoms with E-state index in [-0.39, 0.29) is 23.0 Å². The molecule has 2 fully saturated rings. The summed E-state index contributed by atoms with van der Waals surface area (Å²) in [5.41, 5.74) is 0.180. The van der Waals surface area contributed by atoms with Gasteiger partial charge in [0.25, 0.3) is 5.08 Å². The van der Waals surface area contributed by atoms with Crippen LogP contribution < -0.4 is 4.74 Å². The Kier molecular flexibility index (Phi) is 6.57. The second-order valence-electron chi connectivity index (χ2n) is 7.55. The number of aliphatic hydroxyl groups is 2. The number of aliphatic hydroxyl groups excluding tert-OH is 1. The van der Waals surface area contributed by atoms with E-state index in [0.29, 0.717) is 0 Å². The van der Waals surface area contributed by atoms with Crippen LogP contribution in [0.1, 0.15) is 36.7 Å². The summed E-state index contributed by atoms with van der Waals surface area (Å²) < 4.78 is 46.8. The summed E-state index contributed by atoms with van der Waals surface area (Å²) in [5.74, 6) is -0.0537. The molecule has 0 bridgehead atoms. The van der Waals surface area contributed by atoms with Gasteiger partial charge in [-0.05, 0) is 37.0 Å². The fourth-order valence-corrected chi connectivity index (χ4v) is 6.85. The maximum atomic E-state index is 13.0. The number of benzene rings is 1. The first-order valence-corrected chi connectivity index (χ1v) is 13.0. The highest BCUT2D eigenvalue weighted by molar-refractivity contribution is 7.73. The second-order valence-corrected chi connectivity index (χ2v) is 11.9. The van der Waals surface area contributed by atoms with Gasteiger partial charge in [0.05, 0.1) is 11.7 Å². The molecule has 174 valence electrons. The number of rotatable bonds is 7. The van der Waals surface area contributed by atoms with Crippen LogP contribution in [0.2, 0.25) is 0 Å². The summed E-state index contributed by atoms with van der Waals surface area (Å²) in [5, 5.41) is 17.7. The normalized spacial score (nSPS) is 33.9. The predicted molar refractivity (Wildman–Crippen MR) is 109 cm³/mol. The van der Waals surface area contributed by atoms with Gasteiger partial charge in [0.1, 0.15) is 5.75 Å². The van der Waals surface area contributed by atoms with Gasteiger partial charge in [-0.25, -0.2) is 0 Å². The lowest BCUT2D eigenvalue weighted by Gasteiger charge is -2.41. The van der Waals surface area contributed by atoms with E-state index < -0.39 is 39.5 Å². The number of nitrogens with zero attached hydrogens (tertiary/aromatic N) is 1. The first-order valence-electron chi connectivity index (χ1n) is 9.84. The molecule has 0 spiro atoms. The molecule has 13 heteroatoms. The van der Waals surface area contributed by atoms with Crippen LogP contribution in [0.15, 0.2) is 48.8 Å². The molecule has 32 heavy (non-hydrogen) atoms. The maximum absolute atomic E-state index is 13.0. The zero-order valence-corrected chi connectivity index (χ0v) is 18.5. The molecule has 3 unspecified atom stereocenters. The predicted octanol–water partition coefficient (Wildman–Crippen LogP) is 2.61. The molecule has 4 N–H and O–H groups in total. The van der Waals surface area contributed by atoms with Crippen LogP contribution >= 0.6 is 15.2 Å². The van der Waals surface area contributed by atoms with Crippen LogP contribution in [0.25, 0.3) is 0 Å². The Bertz CT molecular complexity index is 1020. The van der Waals surface area contributed by atoms with E-state index in [0.717, 1.165) is 19.3 Å². The van der Waals surface area contributed by atoms with E-state index in [1.807, 2.05) is 0 Å². The fraction of sp³-hybridized carbons (Fsp3) is 0.421. The molecule has 2 aliphatic rings. The van der Waals surface area contributed by atoms with Gasteiger partial charge in [-0.3, -0.25) is 23.2 Å². The lowest BCUT2D eigenvalue weighted by Crippen LogP contribution is -2.38. The third kappa shape index (κ3) is 4.54. The molecule has 0 radical (unpaired) electrons. The largest absolute Gasteiger partial charge is 0.441 e. The van der Waals surface area contributed by atoms with Crippen molar-refractivity contribution in [3.8, 4) is 5.75 Å². The molecule has 1 aliphatic carbocycles. The molecule has 1 aromatic carbocycles. The number of ether oxygens (including phenoxy) is 2. The molecule has 2 heterocycles. The van der Waals surface area contributed by atoms with Crippen molar-refractivity contribution in [2.75, 3.05) is 0 Å². The number of pyridine rings is 1. The quantitative estimate of drug-likeness (QED) is 0.335. The number of hydrogen-bond acceptors (Lipinski definition) is 9. The van der Waals surface area contributed by atoms with Crippen molar-refractivity contribution in [1.82, 2.24) is 4.98 Å². The smallest absolute Gasteiger partial charge is 0.374 e. The first kappa shape index (κ1) is 23.5. The van der Waals surface area contributed by atoms with Crippen molar-refractivity contribution in [1.29, 1.82) is 0 Å². The summed E-state index contributed by atoms with van der Waals surface area (Å²) in [6, 6.07) is 8.78. The summed E-state index contributed by atoms with van der Waals surface area (Å²) in [4.78, 5) is 24.8. The Morgan fingerprint density at radius 2 is 1.81 bits per heavy atom. The Hall–Kier alpha value is -1.65. The van der Waals surface area contributed by atoms with Gasteiger partial charge >= 0.3 is 21.7 Å². The fourth-order valence-electron chi connectivity index (χ4n) is 3.29. The van der Waals surface area contributed by atoms with E-state index in [4.69, 9.17) is 18.5 Å². The topological polar surface area (TPSA) is 165 Å². The van der Waals surface area contributed by atoms with Crippen LogP contribution in [-0.4, -0.2) is 42.6 Å². The molecule has 1 aliphatic heterocycles. The third-order valence-corrected chi connectivity index (χ3v) is 9.91. The van der Waals surface area contributed by atoms with Gasteiger partial charge in [-0.15, -0.1) is 0 Å². The summed E-state index contributed by atoms with van der Waals surface area (Å²) in [7, 11) is -10.3.